The first kappa shape index (κ1) is 61.1. The molecule has 0 aromatic heterocycles. The van der Waals surface area contributed by atoms with Crippen LogP contribution in [0.4, 0.5) is 0 Å². The summed E-state index contributed by atoms with van der Waals surface area (Å²) < 4.78 is 0. The lowest BCUT2D eigenvalue weighted by Crippen LogP contribution is -2.45. The highest BCUT2D eigenvalue weighted by Gasteiger charge is 2.20. The van der Waals surface area contributed by atoms with Crippen LogP contribution in [0.3, 0.4) is 0 Å². The smallest absolute Gasteiger partial charge is 0.220 e. The van der Waals surface area contributed by atoms with Gasteiger partial charge in [-0.2, -0.15) is 0 Å². The second-order valence-corrected chi connectivity index (χ2v) is 20.1. The van der Waals surface area contributed by atoms with Crippen LogP contribution < -0.4 is 5.32 Å². The summed E-state index contributed by atoms with van der Waals surface area (Å²) in [5.74, 6) is -0.0242. The Hall–Kier alpha value is -0.870. The Morgan fingerprint density at radius 3 is 0.887 bits per heavy atom. The lowest BCUT2D eigenvalue weighted by atomic mass is 10.0. The van der Waals surface area contributed by atoms with E-state index in [0.717, 1.165) is 25.7 Å². The summed E-state index contributed by atoms with van der Waals surface area (Å²) in [4.78, 5) is 12.5. The van der Waals surface area contributed by atoms with Gasteiger partial charge in [0, 0.05) is 6.42 Å². The minimum atomic E-state index is -0.656. The average molecular weight is 875 g/mol. The molecule has 4 heteroatoms. The number of rotatable bonds is 54. The number of carbonyl (C=O) groups excluding carboxylic acids is 1. The summed E-state index contributed by atoms with van der Waals surface area (Å²) in [5, 5.41) is 23.3. The average Bonchev–Trinajstić information content (AvgIpc) is 3.28. The fraction of sp³-hybridized carbons (Fsp3) is 0.948. The molecular weight excluding hydrogens is 759 g/mol. The molecule has 0 spiro atoms. The van der Waals surface area contributed by atoms with Crippen molar-refractivity contribution in [1.29, 1.82) is 0 Å². The second-order valence-electron chi connectivity index (χ2n) is 20.1. The van der Waals surface area contributed by atoms with Gasteiger partial charge in [0.2, 0.25) is 5.91 Å². The minimum absolute atomic E-state index is 0.0242. The second kappa shape index (κ2) is 54.5. The molecule has 0 fully saturated rings. The molecule has 0 saturated carbocycles. The van der Waals surface area contributed by atoms with E-state index in [9.17, 15) is 15.0 Å². The van der Waals surface area contributed by atoms with Crippen molar-refractivity contribution in [1.82, 2.24) is 5.32 Å². The fourth-order valence-electron chi connectivity index (χ4n) is 9.36. The Morgan fingerprint density at radius 2 is 0.613 bits per heavy atom. The van der Waals surface area contributed by atoms with Crippen LogP contribution in [0.25, 0.3) is 0 Å². The van der Waals surface area contributed by atoms with Crippen LogP contribution in [-0.2, 0) is 4.79 Å². The number of aliphatic hydroxyl groups excluding tert-OH is 2. The van der Waals surface area contributed by atoms with Gasteiger partial charge in [-0.3, -0.25) is 4.79 Å². The predicted molar refractivity (Wildman–Crippen MR) is 276 cm³/mol. The maximum Gasteiger partial charge on any atom is 0.220 e. The first-order valence-corrected chi connectivity index (χ1v) is 28.9. The maximum absolute atomic E-state index is 12.5. The van der Waals surface area contributed by atoms with Crippen LogP contribution in [0.5, 0.6) is 0 Å². The highest BCUT2D eigenvalue weighted by Crippen LogP contribution is 2.18. The van der Waals surface area contributed by atoms with Crippen LogP contribution in [-0.4, -0.2) is 34.9 Å². The third-order valence-corrected chi connectivity index (χ3v) is 13.8. The molecule has 4 nitrogen and oxygen atoms in total. The molecule has 0 bridgehead atoms. The molecule has 0 aliphatic heterocycles. The zero-order valence-corrected chi connectivity index (χ0v) is 42.7. The molecule has 370 valence electrons. The molecule has 2 unspecified atom stereocenters. The molecule has 0 radical (unpaired) electrons. The van der Waals surface area contributed by atoms with Crippen molar-refractivity contribution < 1.29 is 15.0 Å². The summed E-state index contributed by atoms with van der Waals surface area (Å²) >= 11 is 0. The highest BCUT2D eigenvalue weighted by atomic mass is 16.3. The van der Waals surface area contributed by atoms with Crippen molar-refractivity contribution in [2.24, 2.45) is 0 Å². The zero-order chi connectivity index (χ0) is 44.9. The van der Waals surface area contributed by atoms with Crippen LogP contribution in [0.15, 0.2) is 12.2 Å². The van der Waals surface area contributed by atoms with E-state index < -0.39 is 12.1 Å². The van der Waals surface area contributed by atoms with Gasteiger partial charge in [0.25, 0.3) is 0 Å². The van der Waals surface area contributed by atoms with Crippen molar-refractivity contribution in [2.75, 3.05) is 6.61 Å². The number of hydrogen-bond acceptors (Lipinski definition) is 3. The van der Waals surface area contributed by atoms with Gasteiger partial charge in [-0.05, 0) is 38.5 Å². The Bertz CT molecular complexity index is 860. The van der Waals surface area contributed by atoms with Gasteiger partial charge < -0.3 is 15.5 Å². The third kappa shape index (κ3) is 50.1. The summed E-state index contributed by atoms with van der Waals surface area (Å²) in [6, 6.07) is -0.533. The molecule has 0 aliphatic rings. The van der Waals surface area contributed by atoms with E-state index in [2.05, 4.69) is 31.3 Å². The number of aliphatic hydroxyl groups is 2. The molecule has 2 atom stereocenters. The molecule has 62 heavy (non-hydrogen) atoms. The highest BCUT2D eigenvalue weighted by molar-refractivity contribution is 5.76. The van der Waals surface area contributed by atoms with E-state index >= 15 is 0 Å². The quantitative estimate of drug-likeness (QED) is 0.0421. The Morgan fingerprint density at radius 1 is 0.371 bits per heavy atom. The zero-order valence-electron chi connectivity index (χ0n) is 42.7. The Balaban J connectivity index is 3.39. The van der Waals surface area contributed by atoms with Crippen LogP contribution in [0.2, 0.25) is 0 Å². The molecule has 0 aromatic carbocycles. The molecular formula is C58H115NO3. The van der Waals surface area contributed by atoms with E-state index in [0.29, 0.717) is 12.8 Å². The van der Waals surface area contributed by atoms with Crippen molar-refractivity contribution in [3.05, 3.63) is 12.2 Å². The lowest BCUT2D eigenvalue weighted by Gasteiger charge is -2.22. The standard InChI is InChI=1S/C58H115NO3/c1-3-5-7-9-11-13-15-17-19-21-23-24-25-26-27-28-29-30-31-32-33-34-35-36-38-40-42-44-46-48-50-52-54-58(62)59-56(55-60)57(61)53-51-49-47-45-43-41-39-37-22-20-18-16-14-12-10-8-6-4-2/h26-27,56-57,60-61H,3-25,28-55H2,1-2H3,(H,59,62)/b27-26-. The van der Waals surface area contributed by atoms with Crippen molar-refractivity contribution >= 4 is 5.91 Å². The lowest BCUT2D eigenvalue weighted by molar-refractivity contribution is -0.123. The van der Waals surface area contributed by atoms with E-state index in [1.807, 2.05) is 0 Å². The van der Waals surface area contributed by atoms with Crippen LogP contribution >= 0.6 is 0 Å². The molecule has 1 amide bonds. The molecule has 0 heterocycles. The normalized spacial score (nSPS) is 12.8. The molecule has 0 aromatic rings. The van der Waals surface area contributed by atoms with Gasteiger partial charge >= 0.3 is 0 Å². The van der Waals surface area contributed by atoms with Gasteiger partial charge in [0.1, 0.15) is 0 Å². The van der Waals surface area contributed by atoms with Crippen LogP contribution in [0.1, 0.15) is 335 Å². The number of nitrogens with one attached hydrogen (secondary N) is 1. The molecule has 0 saturated heterocycles. The summed E-state index contributed by atoms with van der Waals surface area (Å²) in [5.41, 5.74) is 0. The van der Waals surface area contributed by atoms with Gasteiger partial charge in [0.05, 0.1) is 18.8 Å². The van der Waals surface area contributed by atoms with E-state index in [4.69, 9.17) is 0 Å². The number of hydrogen-bond donors (Lipinski definition) is 3. The number of allylic oxidation sites excluding steroid dienone is 2. The third-order valence-electron chi connectivity index (χ3n) is 13.8. The van der Waals surface area contributed by atoms with Gasteiger partial charge in [-0.1, -0.05) is 302 Å². The molecule has 0 aliphatic carbocycles. The predicted octanol–water partition coefficient (Wildman–Crippen LogP) is 18.9. The largest absolute Gasteiger partial charge is 0.394 e. The number of carbonyl (C=O) groups is 1. The van der Waals surface area contributed by atoms with E-state index in [1.165, 1.54) is 283 Å². The summed E-state index contributed by atoms with van der Waals surface area (Å²) in [6.45, 7) is 4.40. The maximum atomic E-state index is 12.5. The van der Waals surface area contributed by atoms with Gasteiger partial charge in [-0.15, -0.1) is 0 Å². The minimum Gasteiger partial charge on any atom is -0.394 e. The van der Waals surface area contributed by atoms with Crippen molar-refractivity contribution in [3.63, 3.8) is 0 Å². The Labute approximate surface area is 390 Å². The van der Waals surface area contributed by atoms with Crippen LogP contribution in [0, 0.1) is 0 Å². The number of unbranched alkanes of at least 4 members (excludes halogenated alkanes) is 45. The van der Waals surface area contributed by atoms with E-state index in [-0.39, 0.29) is 12.5 Å². The summed E-state index contributed by atoms with van der Waals surface area (Å²) in [7, 11) is 0. The first-order valence-electron chi connectivity index (χ1n) is 28.9. The van der Waals surface area contributed by atoms with Gasteiger partial charge in [-0.25, -0.2) is 0 Å². The number of amides is 1. The first-order chi connectivity index (χ1) is 30.7. The van der Waals surface area contributed by atoms with E-state index in [1.54, 1.807) is 0 Å². The summed E-state index contributed by atoms with van der Waals surface area (Å²) in [6.07, 6.45) is 70.7. The van der Waals surface area contributed by atoms with Gasteiger partial charge in [0.15, 0.2) is 0 Å². The van der Waals surface area contributed by atoms with Crippen molar-refractivity contribution in [3.8, 4) is 0 Å². The Kier molecular flexibility index (Phi) is 53.7. The van der Waals surface area contributed by atoms with Crippen molar-refractivity contribution in [2.45, 2.75) is 347 Å². The topological polar surface area (TPSA) is 69.6 Å². The fourth-order valence-corrected chi connectivity index (χ4v) is 9.36. The monoisotopic (exact) mass is 874 g/mol. The SMILES string of the molecule is CCCCCCCCCCCCCC/C=C\CCCCCCCCCCCCCCCCCCC(=O)NC(CO)C(O)CCCCCCCCCCCCCCCCCCCC. The molecule has 3 N–H and O–H groups in total. The molecule has 0 rings (SSSR count).